The van der Waals surface area contributed by atoms with Gasteiger partial charge in [0.1, 0.15) is 24.5 Å². The van der Waals surface area contributed by atoms with Gasteiger partial charge in [-0.3, -0.25) is 23.9 Å². The maximum atomic E-state index is 14.1. The number of rotatable bonds is 27. The van der Waals surface area contributed by atoms with Crippen molar-refractivity contribution in [2.75, 3.05) is 39.2 Å². The predicted molar refractivity (Wildman–Crippen MR) is 291 cm³/mol. The van der Waals surface area contributed by atoms with Crippen LogP contribution in [0.5, 0.6) is 17.2 Å². The molecule has 408 valence electrons. The van der Waals surface area contributed by atoms with Crippen LogP contribution in [0.3, 0.4) is 0 Å². The quantitative estimate of drug-likeness (QED) is 0.0214. The van der Waals surface area contributed by atoms with E-state index in [9.17, 15) is 33.9 Å². The van der Waals surface area contributed by atoms with Crippen molar-refractivity contribution in [3.05, 3.63) is 119 Å². The molecule has 2 unspecified atom stereocenters. The number of aromatic carboxylic acids is 1. The number of methoxy groups -OCH3 is 2. The third-order valence-electron chi connectivity index (χ3n) is 14.0. The van der Waals surface area contributed by atoms with Gasteiger partial charge in [-0.2, -0.15) is 0 Å². The Morgan fingerprint density at radius 1 is 0.896 bits per heavy atom. The summed E-state index contributed by atoms with van der Waals surface area (Å²) in [4.78, 5) is 82.7. The molecule has 18 nitrogen and oxygen atoms in total. The molecule has 3 amide bonds. The van der Waals surface area contributed by atoms with E-state index in [4.69, 9.17) is 30.5 Å². The van der Waals surface area contributed by atoms with Gasteiger partial charge in [0, 0.05) is 72.3 Å². The molecule has 1 saturated heterocycles. The highest BCUT2D eigenvalue weighted by Crippen LogP contribution is 2.36. The highest BCUT2D eigenvalue weighted by molar-refractivity contribution is 6.38. The molecule has 19 heteroatoms. The predicted octanol–water partition coefficient (Wildman–Crippen LogP) is 9.73. The highest BCUT2D eigenvalue weighted by Gasteiger charge is 2.41. The summed E-state index contributed by atoms with van der Waals surface area (Å²) in [6, 6.07) is 22.6. The van der Waals surface area contributed by atoms with Crippen molar-refractivity contribution in [2.24, 2.45) is 5.41 Å². The monoisotopic (exact) mass is 1070 g/mol. The van der Waals surface area contributed by atoms with Crippen LogP contribution < -0.4 is 24.8 Å². The van der Waals surface area contributed by atoms with Gasteiger partial charge in [0.2, 0.25) is 17.6 Å². The van der Waals surface area contributed by atoms with Crippen LogP contribution in [0.2, 0.25) is 5.02 Å². The molecule has 0 saturated carbocycles. The number of carbonyl (C=O) groups is 6. The number of nitrogens with one attached hydrogen (secondary N) is 3. The van der Waals surface area contributed by atoms with Gasteiger partial charge in [0.05, 0.1) is 37.0 Å². The third-order valence-corrected chi connectivity index (χ3v) is 14.3. The first-order chi connectivity index (χ1) is 37.1. The number of aryl methyl sites for hydroxylation is 3. The Bertz CT molecular complexity index is 3040. The van der Waals surface area contributed by atoms with E-state index in [2.05, 4.69) is 25.9 Å². The standard InChI is InChI=1S/C58H68ClN7O11/c1-6-58(2,3)54(69)55(70)66-29-11-9-15-48(66)57(73)77-49(24-17-37-18-25-50(74-4)51(31-37)75-5)39-13-12-14-40(32-39)62-53(68)26-21-41-36-65(64-63-41)28-10-7-8-16-52(67)60-27-30-76-42-22-19-38(20-23-42)43-33-44-45(56(71)72)35-61-47(44)34-46(43)59/h12-14,18-20,22-23,25,31-36,48-49,61H,6-11,15-17,21,24,26-30H2,1-5H3,(H,60,67)(H,62,68)(H,71,72). The van der Waals surface area contributed by atoms with Crippen molar-refractivity contribution in [2.45, 2.75) is 117 Å². The number of anilines is 1. The zero-order valence-electron chi connectivity index (χ0n) is 44.3. The molecule has 0 aliphatic carbocycles. The lowest BCUT2D eigenvalue weighted by molar-refractivity contribution is -0.164. The average molecular weight is 1070 g/mol. The number of hydrogen-bond acceptors (Lipinski definition) is 12. The Morgan fingerprint density at radius 3 is 2.44 bits per heavy atom. The van der Waals surface area contributed by atoms with E-state index in [1.54, 1.807) is 75.2 Å². The fraction of sp³-hybridized carbons (Fsp3) is 0.414. The van der Waals surface area contributed by atoms with Crippen LogP contribution in [0.4, 0.5) is 5.69 Å². The summed E-state index contributed by atoms with van der Waals surface area (Å²) < 4.78 is 24.8. The number of ether oxygens (including phenoxy) is 4. The first-order valence-electron chi connectivity index (χ1n) is 26.2. The molecule has 0 spiro atoms. The largest absolute Gasteiger partial charge is 0.493 e. The van der Waals surface area contributed by atoms with Gasteiger partial charge in [-0.15, -0.1) is 5.10 Å². The number of halogens is 1. The topological polar surface area (TPSA) is 233 Å². The van der Waals surface area contributed by atoms with E-state index in [1.165, 1.54) is 11.1 Å². The number of ketones is 1. The Labute approximate surface area is 453 Å². The normalized spacial score (nSPS) is 13.9. The molecule has 4 N–H and O–H groups in total. The lowest BCUT2D eigenvalue weighted by atomic mass is 9.84. The Balaban J connectivity index is 0.840. The SMILES string of the molecule is CCC(C)(C)C(=O)C(=O)N1CCCCC1C(=O)OC(CCc1ccc(OC)c(OC)c1)c1cccc(NC(=O)CCc2cn(CCCCCC(=O)NCCOc3ccc(-c4cc5c(C(=O)O)c[nH]c5cc4Cl)cc3)nn2)c1. The molecule has 1 fully saturated rings. The maximum absolute atomic E-state index is 14.1. The van der Waals surface area contributed by atoms with Crippen LogP contribution >= 0.6 is 11.6 Å². The van der Waals surface area contributed by atoms with E-state index in [1.807, 2.05) is 49.5 Å². The van der Waals surface area contributed by atoms with Crippen molar-refractivity contribution < 1.29 is 52.8 Å². The molecule has 1 aliphatic rings. The number of fused-ring (bicyclic) bond motifs is 1. The number of carbonyl (C=O) groups excluding carboxylic acids is 5. The second-order valence-corrected chi connectivity index (χ2v) is 20.2. The van der Waals surface area contributed by atoms with Gasteiger partial charge < -0.3 is 44.6 Å². The van der Waals surface area contributed by atoms with Gasteiger partial charge in [-0.25, -0.2) is 9.59 Å². The van der Waals surface area contributed by atoms with Crippen molar-refractivity contribution in [3.8, 4) is 28.4 Å². The fourth-order valence-corrected chi connectivity index (χ4v) is 9.42. The minimum Gasteiger partial charge on any atom is -0.493 e. The van der Waals surface area contributed by atoms with Gasteiger partial charge in [-0.1, -0.05) is 74.3 Å². The molecule has 7 rings (SSSR count). The lowest BCUT2D eigenvalue weighted by Gasteiger charge is -2.36. The van der Waals surface area contributed by atoms with Crippen molar-refractivity contribution >= 4 is 63.6 Å². The highest BCUT2D eigenvalue weighted by atomic mass is 35.5. The molecule has 4 aromatic carbocycles. The summed E-state index contributed by atoms with van der Waals surface area (Å²) in [6.45, 7) is 6.85. The lowest BCUT2D eigenvalue weighted by Crippen LogP contribution is -2.53. The summed E-state index contributed by atoms with van der Waals surface area (Å²) in [5, 5.41) is 24.9. The molecule has 2 aromatic heterocycles. The van der Waals surface area contributed by atoms with E-state index in [-0.39, 0.29) is 37.0 Å². The number of esters is 1. The van der Waals surface area contributed by atoms with Crippen LogP contribution in [0, 0.1) is 5.41 Å². The summed E-state index contributed by atoms with van der Waals surface area (Å²) in [7, 11) is 3.13. The molecular formula is C58H68ClN7O11. The van der Waals surface area contributed by atoms with Gasteiger partial charge >= 0.3 is 11.9 Å². The summed E-state index contributed by atoms with van der Waals surface area (Å²) in [6.07, 6.45) is 8.79. The van der Waals surface area contributed by atoms with E-state index >= 15 is 0 Å². The van der Waals surface area contributed by atoms with Crippen molar-refractivity contribution in [3.63, 3.8) is 0 Å². The first kappa shape index (κ1) is 57.0. The van der Waals surface area contributed by atoms with Crippen LogP contribution in [0.25, 0.3) is 22.0 Å². The molecule has 6 aromatic rings. The number of Topliss-reactive ketones (excluding diaryl/α,β-unsaturated/α-hetero) is 1. The minimum atomic E-state index is -1.02. The van der Waals surface area contributed by atoms with Gasteiger partial charge in [0.25, 0.3) is 5.91 Å². The number of H-pyrrole nitrogens is 1. The van der Waals surface area contributed by atoms with Gasteiger partial charge in [-0.05, 0) is 117 Å². The zero-order valence-corrected chi connectivity index (χ0v) is 45.1. The Kier molecular flexibility index (Phi) is 19.9. The van der Waals surface area contributed by atoms with Crippen molar-refractivity contribution in [1.29, 1.82) is 0 Å². The van der Waals surface area contributed by atoms with Crippen LogP contribution in [0.1, 0.15) is 118 Å². The Hall–Kier alpha value is -7.73. The van der Waals surface area contributed by atoms with Crippen molar-refractivity contribution in [1.82, 2.24) is 30.2 Å². The molecule has 2 atom stereocenters. The molecule has 3 heterocycles. The number of aromatic nitrogens is 4. The smallest absolute Gasteiger partial charge is 0.337 e. The second kappa shape index (κ2) is 26.8. The second-order valence-electron chi connectivity index (χ2n) is 19.8. The number of hydrogen-bond donors (Lipinski definition) is 4. The number of unbranched alkanes of at least 4 members (excludes halogenated alkanes) is 2. The molecular weight excluding hydrogens is 1010 g/mol. The molecule has 0 bridgehead atoms. The first-order valence-corrected chi connectivity index (χ1v) is 26.5. The number of amides is 3. The summed E-state index contributed by atoms with van der Waals surface area (Å²) in [5.41, 5.74) is 4.22. The number of benzene rings is 4. The number of carboxylic acid groups (broad SMARTS) is 1. The van der Waals surface area contributed by atoms with Crippen LogP contribution in [0.15, 0.2) is 91.3 Å². The zero-order chi connectivity index (χ0) is 55.1. The Morgan fingerprint density at radius 2 is 1.69 bits per heavy atom. The number of carboxylic acids is 1. The average Bonchev–Trinajstić information content (AvgIpc) is 4.11. The number of piperidine rings is 1. The summed E-state index contributed by atoms with van der Waals surface area (Å²) in [5.74, 6) is -1.33. The maximum Gasteiger partial charge on any atom is 0.337 e. The van der Waals surface area contributed by atoms with Gasteiger partial charge in [0.15, 0.2) is 11.5 Å². The van der Waals surface area contributed by atoms with E-state index < -0.39 is 41.2 Å². The summed E-state index contributed by atoms with van der Waals surface area (Å²) >= 11 is 6.51. The van der Waals surface area contributed by atoms with Crippen LogP contribution in [-0.2, 0) is 48.1 Å². The van der Waals surface area contributed by atoms with Crippen LogP contribution in [-0.4, -0.2) is 105 Å². The molecule has 77 heavy (non-hydrogen) atoms. The minimum absolute atomic E-state index is 0.0659. The number of aromatic amines is 1. The number of likely N-dealkylation sites (tertiary alicyclic amines) is 1. The fourth-order valence-electron chi connectivity index (χ4n) is 9.15. The molecule has 0 radical (unpaired) electrons. The number of nitrogens with zero attached hydrogens (tertiary/aromatic N) is 4. The molecule has 1 aliphatic heterocycles. The third kappa shape index (κ3) is 15.2. The van der Waals surface area contributed by atoms with E-state index in [0.717, 1.165) is 24.0 Å². The van der Waals surface area contributed by atoms with E-state index in [0.29, 0.717) is 127 Å².